The molecule has 12 heteroatoms. The number of aliphatic hydroxyl groups is 3. The zero-order valence-electron chi connectivity index (χ0n) is 27.6. The van der Waals surface area contributed by atoms with Crippen LogP contribution in [-0.2, 0) is 19.7 Å². The van der Waals surface area contributed by atoms with Crippen LogP contribution in [0.4, 0.5) is 0 Å². The van der Waals surface area contributed by atoms with Crippen LogP contribution in [0.1, 0.15) is 142 Å². The van der Waals surface area contributed by atoms with Gasteiger partial charge in [0.25, 0.3) is 10.1 Å². The first kappa shape index (κ1) is 44.8. The van der Waals surface area contributed by atoms with Crippen molar-refractivity contribution in [2.45, 2.75) is 148 Å². The second-order valence-corrected chi connectivity index (χ2v) is 13.4. The van der Waals surface area contributed by atoms with Gasteiger partial charge in [0.15, 0.2) is 5.25 Å². The molecule has 0 radical (unpaired) electrons. The molecule has 0 aliphatic heterocycles. The summed E-state index contributed by atoms with van der Waals surface area (Å²) in [4.78, 5) is 25.9. The molecule has 0 aliphatic rings. The summed E-state index contributed by atoms with van der Waals surface area (Å²) in [6, 6.07) is 0. The van der Waals surface area contributed by atoms with Crippen molar-refractivity contribution in [3.63, 3.8) is 0 Å². The third-order valence-corrected chi connectivity index (χ3v) is 9.40. The standard InChI is InChI=1S/C26H50O7S.C6H15NO3/c1-3-5-7-9-11-13-15-17-19-21-26(25(29)30,23(24(27)28)34(31,32)33)22-20-18-16-14-12-10-8-6-4-2;8-4-1-7(2-5-9)3-6-10/h23H,3-22H2,1-2H3,(H,27,28)(H,29,30)(H,31,32,33);8-10H,1-6H2. The molecule has 11 nitrogen and oxygen atoms in total. The van der Waals surface area contributed by atoms with E-state index >= 15 is 0 Å². The van der Waals surface area contributed by atoms with Crippen molar-refractivity contribution in [1.82, 2.24) is 4.90 Å². The number of carbonyl (C=O) groups is 2. The van der Waals surface area contributed by atoms with Crippen LogP contribution in [0.5, 0.6) is 0 Å². The Morgan fingerprint density at radius 3 is 1.11 bits per heavy atom. The van der Waals surface area contributed by atoms with Crippen molar-refractivity contribution in [2.24, 2.45) is 5.41 Å². The summed E-state index contributed by atoms with van der Waals surface area (Å²) in [6.45, 7) is 6.09. The number of carboxylic acids is 2. The summed E-state index contributed by atoms with van der Waals surface area (Å²) in [7, 11) is -5.07. The smallest absolute Gasteiger partial charge is 0.325 e. The maximum atomic E-state index is 12.3. The van der Waals surface area contributed by atoms with Crippen molar-refractivity contribution in [3.05, 3.63) is 0 Å². The number of unbranched alkanes of at least 4 members (excludes halogenated alkanes) is 16. The molecule has 0 saturated heterocycles. The van der Waals surface area contributed by atoms with E-state index in [9.17, 15) is 32.8 Å². The van der Waals surface area contributed by atoms with Crippen molar-refractivity contribution in [1.29, 1.82) is 0 Å². The molecule has 0 heterocycles. The van der Waals surface area contributed by atoms with E-state index in [0.717, 1.165) is 51.4 Å². The van der Waals surface area contributed by atoms with Crippen molar-refractivity contribution in [2.75, 3.05) is 39.5 Å². The van der Waals surface area contributed by atoms with Gasteiger partial charge in [0.1, 0.15) is 0 Å². The summed E-state index contributed by atoms with van der Waals surface area (Å²) in [6.07, 6.45) is 17.9. The molecule has 6 N–H and O–H groups in total. The summed E-state index contributed by atoms with van der Waals surface area (Å²) in [5.41, 5.74) is -2.01. The van der Waals surface area contributed by atoms with Crippen LogP contribution < -0.4 is 0 Å². The van der Waals surface area contributed by atoms with Gasteiger partial charge in [-0.1, -0.05) is 129 Å². The topological polar surface area (TPSA) is 193 Å². The van der Waals surface area contributed by atoms with Crippen molar-refractivity contribution in [3.8, 4) is 0 Å². The zero-order valence-corrected chi connectivity index (χ0v) is 28.5. The second kappa shape index (κ2) is 29.1. The van der Waals surface area contributed by atoms with Crippen LogP contribution in [0.2, 0.25) is 0 Å². The molecule has 0 aromatic heterocycles. The Hall–Kier alpha value is -1.31. The minimum Gasteiger partial charge on any atom is -0.481 e. The Kier molecular flexibility index (Phi) is 29.7. The van der Waals surface area contributed by atoms with E-state index in [-0.39, 0.29) is 32.7 Å². The summed E-state index contributed by atoms with van der Waals surface area (Å²) < 4.78 is 33.6. The second-order valence-electron chi connectivity index (χ2n) is 11.9. The van der Waals surface area contributed by atoms with Crippen molar-refractivity contribution >= 4 is 22.1 Å². The number of aliphatic carboxylic acids is 2. The fraction of sp³-hybridized carbons (Fsp3) is 0.938. The first-order valence-corrected chi connectivity index (χ1v) is 18.5. The number of nitrogens with zero attached hydrogens (tertiary/aromatic N) is 1. The van der Waals surface area contributed by atoms with Crippen LogP contribution in [0.25, 0.3) is 0 Å². The van der Waals surface area contributed by atoms with Gasteiger partial charge in [-0.15, -0.1) is 0 Å². The lowest BCUT2D eigenvalue weighted by atomic mass is 9.74. The molecule has 0 aliphatic carbocycles. The van der Waals surface area contributed by atoms with Crippen LogP contribution in [-0.4, -0.2) is 100 Å². The average molecular weight is 656 g/mol. The number of hydrogen-bond acceptors (Lipinski definition) is 8. The van der Waals surface area contributed by atoms with Gasteiger partial charge in [-0.2, -0.15) is 8.42 Å². The van der Waals surface area contributed by atoms with Gasteiger partial charge in [-0.25, -0.2) is 0 Å². The molecule has 1 unspecified atom stereocenters. The lowest BCUT2D eigenvalue weighted by molar-refractivity contribution is -0.156. The van der Waals surface area contributed by atoms with Gasteiger partial charge in [0.05, 0.1) is 25.2 Å². The van der Waals surface area contributed by atoms with Gasteiger partial charge in [0.2, 0.25) is 0 Å². The van der Waals surface area contributed by atoms with Gasteiger partial charge in [-0.3, -0.25) is 19.0 Å². The number of carboxylic acid groups (broad SMARTS) is 2. The van der Waals surface area contributed by atoms with Gasteiger partial charge >= 0.3 is 11.9 Å². The van der Waals surface area contributed by atoms with E-state index in [0.29, 0.717) is 32.5 Å². The largest absolute Gasteiger partial charge is 0.481 e. The summed E-state index contributed by atoms with van der Waals surface area (Å²) in [5.74, 6) is -3.24. The van der Waals surface area contributed by atoms with E-state index < -0.39 is 32.7 Å². The van der Waals surface area contributed by atoms with Crippen LogP contribution >= 0.6 is 0 Å². The molecule has 0 amide bonds. The first-order chi connectivity index (χ1) is 21.0. The minimum atomic E-state index is -5.07. The van der Waals surface area contributed by atoms with Crippen LogP contribution in [0.3, 0.4) is 0 Å². The molecule has 1 atom stereocenters. The number of aliphatic hydroxyl groups excluding tert-OH is 3. The Balaban J connectivity index is 0. The van der Waals surface area contributed by atoms with E-state index in [1.54, 1.807) is 4.90 Å². The summed E-state index contributed by atoms with van der Waals surface area (Å²) in [5, 5.41) is 42.7. The van der Waals surface area contributed by atoms with E-state index in [1.807, 2.05) is 0 Å². The quantitative estimate of drug-likeness (QED) is 0.0422. The third kappa shape index (κ3) is 22.2. The molecule has 0 saturated carbocycles. The van der Waals surface area contributed by atoms with E-state index in [2.05, 4.69) is 13.8 Å². The van der Waals surface area contributed by atoms with E-state index in [4.69, 9.17) is 15.3 Å². The van der Waals surface area contributed by atoms with Gasteiger partial charge in [0, 0.05) is 19.6 Å². The molecule has 44 heavy (non-hydrogen) atoms. The predicted molar refractivity (Wildman–Crippen MR) is 174 cm³/mol. The highest BCUT2D eigenvalue weighted by Gasteiger charge is 2.55. The molecule has 264 valence electrons. The highest BCUT2D eigenvalue weighted by Crippen LogP contribution is 2.39. The Morgan fingerprint density at radius 1 is 0.591 bits per heavy atom. The fourth-order valence-corrected chi connectivity index (χ4v) is 6.79. The molecule has 0 aromatic rings. The van der Waals surface area contributed by atoms with E-state index in [1.165, 1.54) is 51.4 Å². The molecular weight excluding hydrogens is 590 g/mol. The molecule has 0 fully saturated rings. The molecule has 0 bridgehead atoms. The molecule has 0 aromatic carbocycles. The first-order valence-electron chi connectivity index (χ1n) is 17.0. The van der Waals surface area contributed by atoms with Crippen molar-refractivity contribution < 1.29 is 48.1 Å². The predicted octanol–water partition coefficient (Wildman–Crippen LogP) is 5.51. The Labute approximate surface area is 267 Å². The van der Waals surface area contributed by atoms with Crippen LogP contribution in [0.15, 0.2) is 0 Å². The fourth-order valence-electron chi connectivity index (χ4n) is 5.62. The molecule has 0 rings (SSSR count). The van der Waals surface area contributed by atoms with Gasteiger partial charge in [-0.05, 0) is 12.8 Å². The normalized spacial score (nSPS) is 12.6. The lowest BCUT2D eigenvalue weighted by Crippen LogP contribution is -2.51. The minimum absolute atomic E-state index is 0.0635. The zero-order chi connectivity index (χ0) is 33.7. The van der Waals surface area contributed by atoms with Crippen LogP contribution in [0, 0.1) is 5.41 Å². The monoisotopic (exact) mass is 655 g/mol. The maximum absolute atomic E-state index is 12.3. The van der Waals surface area contributed by atoms with Gasteiger partial charge < -0.3 is 25.5 Å². The SMILES string of the molecule is CCCCCCCCCCCC(CCCCCCCCCCC)(C(=O)O)C(C(=O)O)S(=O)(=O)O.OCCN(CCO)CCO. The third-order valence-electron chi connectivity index (χ3n) is 8.15. The highest BCUT2D eigenvalue weighted by atomic mass is 32.2. The Bertz CT molecular complexity index is 758. The average Bonchev–Trinajstić information content (AvgIpc) is 2.95. The lowest BCUT2D eigenvalue weighted by Gasteiger charge is -2.33. The highest BCUT2D eigenvalue weighted by molar-refractivity contribution is 7.87. The number of hydrogen-bond donors (Lipinski definition) is 6. The number of rotatable bonds is 30. The Morgan fingerprint density at radius 2 is 0.886 bits per heavy atom. The molecular formula is C32H65NO10S. The summed E-state index contributed by atoms with van der Waals surface area (Å²) >= 11 is 0. The molecule has 0 spiro atoms. The maximum Gasteiger partial charge on any atom is 0.325 e.